The van der Waals surface area contributed by atoms with Crippen molar-refractivity contribution >= 4 is 33.3 Å². The first kappa shape index (κ1) is 21.9. The van der Waals surface area contributed by atoms with Crippen molar-refractivity contribution in [2.75, 3.05) is 37.7 Å². The van der Waals surface area contributed by atoms with E-state index >= 15 is 0 Å². The van der Waals surface area contributed by atoms with E-state index in [2.05, 4.69) is 50.5 Å². The number of carbonyl (C=O) groups excluding carboxylic acids is 1. The molecule has 1 aromatic carbocycles. The molecule has 4 atom stereocenters. The van der Waals surface area contributed by atoms with Gasteiger partial charge in [0.2, 0.25) is 5.91 Å². The van der Waals surface area contributed by atoms with Crippen LogP contribution in [0.25, 0.3) is 21.3 Å². The van der Waals surface area contributed by atoms with Crippen LogP contribution in [0.5, 0.6) is 0 Å². The number of piperidine rings is 1. The lowest BCUT2D eigenvalue weighted by Gasteiger charge is -2.33. The van der Waals surface area contributed by atoms with Gasteiger partial charge < -0.3 is 20.3 Å². The van der Waals surface area contributed by atoms with E-state index in [0.29, 0.717) is 30.4 Å². The van der Waals surface area contributed by atoms with Gasteiger partial charge in [0.05, 0.1) is 18.1 Å². The lowest BCUT2D eigenvalue weighted by molar-refractivity contribution is -0.118. The van der Waals surface area contributed by atoms with Crippen LogP contribution in [0.1, 0.15) is 25.7 Å². The van der Waals surface area contributed by atoms with Crippen molar-refractivity contribution in [3.8, 4) is 11.1 Å². The van der Waals surface area contributed by atoms with Crippen molar-refractivity contribution in [2.24, 2.45) is 17.6 Å². The van der Waals surface area contributed by atoms with Gasteiger partial charge in [-0.15, -0.1) is 11.3 Å². The summed E-state index contributed by atoms with van der Waals surface area (Å²) in [6, 6.07) is 11.0. The average Bonchev–Trinajstić information content (AvgIpc) is 3.63. The molecule has 3 aromatic rings. The minimum Gasteiger partial charge on any atom is -0.376 e. The van der Waals surface area contributed by atoms with Crippen molar-refractivity contribution in [1.29, 1.82) is 0 Å². The standard InChI is InChI=1S/C26H31N5O2S/c27-23(32)10-17-6-7-30(13-17)8-9-33-22-12-20-11-19(22)14-31(20)25-24-21(18-4-2-1-3-5-18)15-34-26(24)29-16-28-25/h1-5,15-17,19-20,22H,6-14H2,(H2,27,32). The molecule has 4 heterocycles. The fraction of sp³-hybridized carbons (Fsp3) is 0.500. The molecule has 2 aromatic heterocycles. The van der Waals surface area contributed by atoms with Crippen LogP contribution in [0.4, 0.5) is 5.82 Å². The molecule has 4 unspecified atom stereocenters. The van der Waals surface area contributed by atoms with Gasteiger partial charge in [-0.1, -0.05) is 30.3 Å². The number of hydrogen-bond acceptors (Lipinski definition) is 7. The van der Waals surface area contributed by atoms with Crippen molar-refractivity contribution in [3.63, 3.8) is 0 Å². The molecule has 3 aliphatic rings. The van der Waals surface area contributed by atoms with Crippen molar-refractivity contribution in [3.05, 3.63) is 42.0 Å². The van der Waals surface area contributed by atoms with E-state index in [9.17, 15) is 4.79 Å². The van der Waals surface area contributed by atoms with Gasteiger partial charge in [0.25, 0.3) is 0 Å². The van der Waals surface area contributed by atoms with Crippen LogP contribution in [0.3, 0.4) is 0 Å². The van der Waals surface area contributed by atoms with Crippen LogP contribution in [-0.4, -0.2) is 65.7 Å². The first-order valence-corrected chi connectivity index (χ1v) is 13.2. The number of anilines is 1. The molecule has 2 saturated heterocycles. The number of amides is 1. The summed E-state index contributed by atoms with van der Waals surface area (Å²) in [5, 5.41) is 3.40. The second-order valence-electron chi connectivity index (χ2n) is 9.97. The Bertz CT molecular complexity index is 1170. The SMILES string of the molecule is NC(=O)CC1CCN(CCOC2CC3CC2CN3c2ncnc3scc(-c4ccccc4)c23)C1. The number of aromatic nitrogens is 2. The number of nitrogens with two attached hydrogens (primary N) is 1. The van der Waals surface area contributed by atoms with E-state index in [1.807, 2.05) is 0 Å². The van der Waals surface area contributed by atoms with Crippen molar-refractivity contribution in [2.45, 2.75) is 37.8 Å². The predicted molar refractivity (Wildman–Crippen MR) is 135 cm³/mol. The first-order chi connectivity index (χ1) is 16.7. The number of benzene rings is 1. The molecule has 1 aliphatic carbocycles. The molecule has 3 fully saturated rings. The maximum atomic E-state index is 11.2. The Morgan fingerprint density at radius 2 is 2.06 bits per heavy atom. The maximum absolute atomic E-state index is 11.2. The lowest BCUT2D eigenvalue weighted by atomic mass is 10.0. The highest BCUT2D eigenvalue weighted by atomic mass is 32.1. The van der Waals surface area contributed by atoms with Crippen LogP contribution >= 0.6 is 11.3 Å². The van der Waals surface area contributed by atoms with Gasteiger partial charge >= 0.3 is 0 Å². The van der Waals surface area contributed by atoms with Crippen LogP contribution in [0.2, 0.25) is 0 Å². The first-order valence-electron chi connectivity index (χ1n) is 12.3. The molecule has 2 bridgehead atoms. The Kier molecular flexibility index (Phi) is 5.97. The van der Waals surface area contributed by atoms with Crippen LogP contribution < -0.4 is 10.6 Å². The zero-order valence-corrected chi connectivity index (χ0v) is 20.1. The molecule has 34 heavy (non-hydrogen) atoms. The fourth-order valence-corrected chi connectivity index (χ4v) is 7.09. The summed E-state index contributed by atoms with van der Waals surface area (Å²) in [6.45, 7) is 4.70. The summed E-state index contributed by atoms with van der Waals surface area (Å²) >= 11 is 1.70. The second-order valence-corrected chi connectivity index (χ2v) is 10.8. The molecular weight excluding hydrogens is 446 g/mol. The number of hydrogen-bond donors (Lipinski definition) is 1. The normalized spacial score (nSPS) is 26.6. The number of likely N-dealkylation sites (tertiary alicyclic amines) is 1. The molecule has 7 nitrogen and oxygen atoms in total. The largest absolute Gasteiger partial charge is 0.376 e. The Morgan fingerprint density at radius 3 is 2.85 bits per heavy atom. The summed E-state index contributed by atoms with van der Waals surface area (Å²) in [5.74, 6) is 1.86. The van der Waals surface area contributed by atoms with Crippen molar-refractivity contribution in [1.82, 2.24) is 14.9 Å². The molecule has 1 amide bonds. The van der Waals surface area contributed by atoms with Gasteiger partial charge in [-0.3, -0.25) is 4.79 Å². The molecule has 2 N–H and O–H groups in total. The Labute approximate surface area is 203 Å². The molecule has 8 heteroatoms. The third-order valence-electron chi connectivity index (χ3n) is 7.78. The third-order valence-corrected chi connectivity index (χ3v) is 8.67. The van der Waals surface area contributed by atoms with Gasteiger partial charge in [-0.2, -0.15) is 0 Å². The summed E-state index contributed by atoms with van der Waals surface area (Å²) in [7, 11) is 0. The van der Waals surface area contributed by atoms with Gasteiger partial charge in [-0.05, 0) is 37.3 Å². The van der Waals surface area contributed by atoms with Gasteiger partial charge in [-0.25, -0.2) is 9.97 Å². The summed E-state index contributed by atoms with van der Waals surface area (Å²) in [4.78, 5) is 26.5. The number of primary amides is 1. The van der Waals surface area contributed by atoms with E-state index in [1.54, 1.807) is 17.7 Å². The van der Waals surface area contributed by atoms with E-state index in [4.69, 9.17) is 15.5 Å². The average molecular weight is 478 g/mol. The molecule has 6 rings (SSSR count). The van der Waals surface area contributed by atoms with E-state index < -0.39 is 0 Å². The maximum Gasteiger partial charge on any atom is 0.217 e. The number of nitrogens with zero attached hydrogens (tertiary/aromatic N) is 4. The number of carbonyl (C=O) groups is 1. The van der Waals surface area contributed by atoms with Gasteiger partial charge in [0, 0.05) is 49.0 Å². The van der Waals surface area contributed by atoms with Gasteiger partial charge in [0.1, 0.15) is 17.0 Å². The zero-order valence-electron chi connectivity index (χ0n) is 19.3. The highest BCUT2D eigenvalue weighted by molar-refractivity contribution is 7.17. The zero-order chi connectivity index (χ0) is 23.1. The molecule has 0 radical (unpaired) electrons. The lowest BCUT2D eigenvalue weighted by Crippen LogP contribution is -2.40. The molecule has 178 valence electrons. The molecular formula is C26H31N5O2S. The van der Waals surface area contributed by atoms with Crippen LogP contribution in [0.15, 0.2) is 42.0 Å². The number of thiophene rings is 1. The quantitative estimate of drug-likeness (QED) is 0.534. The smallest absolute Gasteiger partial charge is 0.217 e. The Morgan fingerprint density at radius 1 is 1.18 bits per heavy atom. The summed E-state index contributed by atoms with van der Waals surface area (Å²) < 4.78 is 6.37. The molecule has 0 spiro atoms. The highest BCUT2D eigenvalue weighted by Crippen LogP contribution is 2.45. The van der Waals surface area contributed by atoms with Crippen LogP contribution in [-0.2, 0) is 9.53 Å². The minimum atomic E-state index is -0.186. The Hall–Kier alpha value is -2.55. The fourth-order valence-electron chi connectivity index (χ4n) is 6.18. The number of fused-ring (bicyclic) bond motifs is 3. The molecule has 1 saturated carbocycles. The summed E-state index contributed by atoms with van der Waals surface area (Å²) in [6.07, 6.45) is 5.85. The minimum absolute atomic E-state index is 0.186. The van der Waals surface area contributed by atoms with E-state index in [1.165, 1.54) is 22.9 Å². The molecule has 2 aliphatic heterocycles. The third kappa shape index (κ3) is 4.19. The number of ether oxygens (including phenoxy) is 1. The Balaban J connectivity index is 1.09. The second kappa shape index (κ2) is 9.24. The van der Waals surface area contributed by atoms with E-state index in [-0.39, 0.29) is 5.91 Å². The monoisotopic (exact) mass is 477 g/mol. The predicted octanol–water partition coefficient (Wildman–Crippen LogP) is 3.54. The highest BCUT2D eigenvalue weighted by Gasteiger charge is 2.46. The number of rotatable bonds is 8. The van der Waals surface area contributed by atoms with Crippen molar-refractivity contribution < 1.29 is 9.53 Å². The van der Waals surface area contributed by atoms with Gasteiger partial charge in [0.15, 0.2) is 0 Å². The topological polar surface area (TPSA) is 84.6 Å². The summed E-state index contributed by atoms with van der Waals surface area (Å²) in [5.41, 5.74) is 7.80. The van der Waals surface area contributed by atoms with E-state index in [0.717, 1.165) is 56.3 Å². The van der Waals surface area contributed by atoms with Crippen LogP contribution in [0, 0.1) is 11.8 Å².